The van der Waals surface area contributed by atoms with Gasteiger partial charge in [-0.05, 0) is 55.1 Å². The van der Waals surface area contributed by atoms with Gasteiger partial charge in [-0.15, -0.1) is 12.4 Å². The van der Waals surface area contributed by atoms with E-state index in [1.807, 2.05) is 6.07 Å². The van der Waals surface area contributed by atoms with Gasteiger partial charge in [0.05, 0.1) is 0 Å². The van der Waals surface area contributed by atoms with Gasteiger partial charge in [0.1, 0.15) is 6.61 Å². The number of hydrogen-bond acceptors (Lipinski definition) is 3. The minimum atomic E-state index is -0.913. The van der Waals surface area contributed by atoms with Crippen molar-refractivity contribution in [3.63, 3.8) is 0 Å². The first-order chi connectivity index (χ1) is 13.1. The Bertz CT molecular complexity index is 682. The zero-order chi connectivity index (χ0) is 19.1. The Hall–Kier alpha value is -1.78. The van der Waals surface area contributed by atoms with E-state index in [1.54, 1.807) is 0 Å². The van der Waals surface area contributed by atoms with Crippen molar-refractivity contribution in [1.29, 1.82) is 0 Å². The molecule has 1 heterocycles. The van der Waals surface area contributed by atoms with Gasteiger partial charge in [-0.25, -0.2) is 4.79 Å². The zero-order valence-corrected chi connectivity index (χ0v) is 17.5. The first-order valence-electron chi connectivity index (χ1n) is 10.1. The molecule has 2 atom stereocenters. The van der Waals surface area contributed by atoms with Crippen molar-refractivity contribution in [2.45, 2.75) is 44.9 Å². The molecule has 0 saturated carbocycles. The van der Waals surface area contributed by atoms with Crippen LogP contribution in [0.3, 0.4) is 0 Å². The third-order valence-corrected chi connectivity index (χ3v) is 5.88. The number of halogens is 1. The summed E-state index contributed by atoms with van der Waals surface area (Å²) in [5.41, 5.74) is 2.66. The largest absolute Gasteiger partial charge is 0.480 e. The predicted octanol–water partition coefficient (Wildman–Crippen LogP) is 5.02. The maximum atomic E-state index is 10.7. The summed E-state index contributed by atoms with van der Waals surface area (Å²) in [5, 5.41) is 8.80. The minimum Gasteiger partial charge on any atom is -0.480 e. The van der Waals surface area contributed by atoms with E-state index < -0.39 is 5.97 Å². The van der Waals surface area contributed by atoms with Crippen LogP contribution in [0.5, 0.6) is 0 Å². The summed E-state index contributed by atoms with van der Waals surface area (Å²) < 4.78 is 5.35. The van der Waals surface area contributed by atoms with Crippen LogP contribution >= 0.6 is 12.4 Å². The van der Waals surface area contributed by atoms with Gasteiger partial charge in [-0.2, -0.15) is 0 Å². The third-order valence-electron chi connectivity index (χ3n) is 5.88. The van der Waals surface area contributed by atoms with Gasteiger partial charge in [-0.1, -0.05) is 49.4 Å². The molecule has 28 heavy (non-hydrogen) atoms. The van der Waals surface area contributed by atoms with Crippen molar-refractivity contribution >= 4 is 18.4 Å². The highest BCUT2D eigenvalue weighted by molar-refractivity contribution is 5.85. The number of allylic oxidation sites excluding steroid dienone is 3. The lowest BCUT2D eigenvalue weighted by atomic mass is 9.68. The molecule has 1 aliphatic carbocycles. The van der Waals surface area contributed by atoms with Crippen LogP contribution < -0.4 is 0 Å². The number of nitrogens with zero attached hydrogens (tertiary/aromatic N) is 1. The number of carboxylic acids is 1. The number of carboxylic acid groups (broad SMARTS) is 1. The number of carbonyl (C=O) groups is 1. The molecule has 2 unspecified atom stereocenters. The van der Waals surface area contributed by atoms with Crippen molar-refractivity contribution in [3.05, 3.63) is 59.8 Å². The van der Waals surface area contributed by atoms with E-state index in [4.69, 9.17) is 9.84 Å². The molecule has 1 fully saturated rings. The summed E-state index contributed by atoms with van der Waals surface area (Å²) >= 11 is 0. The summed E-state index contributed by atoms with van der Waals surface area (Å²) in [7, 11) is 0. The number of aliphatic carboxylic acids is 1. The molecule has 5 heteroatoms. The highest BCUT2D eigenvalue weighted by Gasteiger charge is 2.34. The molecule has 0 radical (unpaired) electrons. The fraction of sp³-hybridized carbons (Fsp3) is 0.522. The molecule has 0 aromatic heterocycles. The number of piperidine rings is 1. The summed E-state index contributed by atoms with van der Waals surface area (Å²) in [6, 6.07) is 10.5. The lowest BCUT2D eigenvalue weighted by molar-refractivity contribution is -0.142. The first kappa shape index (κ1) is 22.5. The number of rotatable bonds is 8. The summed E-state index contributed by atoms with van der Waals surface area (Å²) in [6.07, 6.45) is 12.8. The molecule has 2 aliphatic rings. The second kappa shape index (κ2) is 10.7. The number of ether oxygens (including phenoxy) is 1. The SMILES string of the molecule is CC1(C(CCOCC(=O)O)c2ccccc2)C=CC(N2CCCCC2)=CC1.Cl. The average Bonchev–Trinajstić information content (AvgIpc) is 2.69. The van der Waals surface area contributed by atoms with Crippen molar-refractivity contribution in [1.82, 2.24) is 4.90 Å². The molecule has 1 N–H and O–H groups in total. The van der Waals surface area contributed by atoms with Crippen molar-refractivity contribution in [3.8, 4) is 0 Å². The average molecular weight is 406 g/mol. The second-order valence-corrected chi connectivity index (χ2v) is 7.92. The maximum absolute atomic E-state index is 10.7. The van der Waals surface area contributed by atoms with E-state index >= 15 is 0 Å². The molecule has 1 aromatic carbocycles. The lowest BCUT2D eigenvalue weighted by Gasteiger charge is -2.39. The first-order valence-corrected chi connectivity index (χ1v) is 10.1. The predicted molar refractivity (Wildman–Crippen MR) is 115 cm³/mol. The second-order valence-electron chi connectivity index (χ2n) is 7.92. The molecule has 154 valence electrons. The Morgan fingerprint density at radius 2 is 1.93 bits per heavy atom. The number of hydrogen-bond donors (Lipinski definition) is 1. The fourth-order valence-corrected chi connectivity index (χ4v) is 4.30. The molecule has 1 aliphatic heterocycles. The normalized spacial score (nSPS) is 22.9. The van der Waals surface area contributed by atoms with Gasteiger partial charge in [0.2, 0.25) is 0 Å². The highest BCUT2D eigenvalue weighted by Crippen LogP contribution is 2.45. The van der Waals surface area contributed by atoms with E-state index in [0.29, 0.717) is 12.5 Å². The molecule has 0 spiro atoms. The van der Waals surface area contributed by atoms with Crippen LogP contribution in [0.2, 0.25) is 0 Å². The van der Waals surface area contributed by atoms with Crippen molar-refractivity contribution in [2.24, 2.45) is 5.41 Å². The lowest BCUT2D eigenvalue weighted by Crippen LogP contribution is -2.32. The van der Waals surface area contributed by atoms with Crippen LogP contribution in [0.25, 0.3) is 0 Å². The van der Waals surface area contributed by atoms with Gasteiger partial charge < -0.3 is 14.7 Å². The van der Waals surface area contributed by atoms with Crippen LogP contribution in [0.4, 0.5) is 0 Å². The number of benzene rings is 1. The van der Waals surface area contributed by atoms with Crippen LogP contribution in [0.1, 0.15) is 50.5 Å². The van der Waals surface area contributed by atoms with Crippen LogP contribution in [0, 0.1) is 5.41 Å². The summed E-state index contributed by atoms with van der Waals surface area (Å²) in [4.78, 5) is 13.2. The van der Waals surface area contributed by atoms with Crippen LogP contribution in [-0.4, -0.2) is 42.3 Å². The molecular formula is C23H32ClNO3. The Balaban J connectivity index is 0.00000280. The van der Waals surface area contributed by atoms with Gasteiger partial charge in [0.15, 0.2) is 0 Å². The molecule has 3 rings (SSSR count). The van der Waals surface area contributed by atoms with E-state index in [1.165, 1.54) is 30.5 Å². The van der Waals surface area contributed by atoms with E-state index in [0.717, 1.165) is 25.9 Å². The van der Waals surface area contributed by atoms with Gasteiger partial charge >= 0.3 is 5.97 Å². The van der Waals surface area contributed by atoms with Crippen molar-refractivity contribution < 1.29 is 14.6 Å². The summed E-state index contributed by atoms with van der Waals surface area (Å²) in [6.45, 7) is 4.86. The van der Waals surface area contributed by atoms with Crippen LogP contribution in [0.15, 0.2) is 54.3 Å². The van der Waals surface area contributed by atoms with E-state index in [2.05, 4.69) is 54.3 Å². The minimum absolute atomic E-state index is 0. The number of likely N-dealkylation sites (tertiary alicyclic amines) is 1. The van der Waals surface area contributed by atoms with Crippen molar-refractivity contribution in [2.75, 3.05) is 26.3 Å². The Morgan fingerprint density at radius 1 is 1.21 bits per heavy atom. The quantitative estimate of drug-likeness (QED) is 0.617. The molecular weight excluding hydrogens is 374 g/mol. The van der Waals surface area contributed by atoms with Crippen LogP contribution in [-0.2, 0) is 9.53 Å². The Kier molecular flexibility index (Phi) is 8.58. The highest BCUT2D eigenvalue weighted by atomic mass is 35.5. The van der Waals surface area contributed by atoms with Gasteiger partial charge in [0.25, 0.3) is 0 Å². The molecule has 1 aromatic rings. The van der Waals surface area contributed by atoms with Gasteiger partial charge in [0, 0.05) is 25.4 Å². The Labute approximate surface area is 174 Å². The topological polar surface area (TPSA) is 49.8 Å². The maximum Gasteiger partial charge on any atom is 0.329 e. The zero-order valence-electron chi connectivity index (χ0n) is 16.7. The fourth-order valence-electron chi connectivity index (χ4n) is 4.30. The summed E-state index contributed by atoms with van der Waals surface area (Å²) in [5.74, 6) is -0.618. The molecule has 0 bridgehead atoms. The third kappa shape index (κ3) is 5.86. The van der Waals surface area contributed by atoms with E-state index in [-0.39, 0.29) is 24.4 Å². The molecule has 4 nitrogen and oxygen atoms in total. The monoisotopic (exact) mass is 405 g/mol. The standard InChI is InChI=1S/C23H31NO3.ClH/c1-23(13-10-20(11-14-23)24-15-6-3-7-16-24)21(12-17-27-18-22(25)26)19-8-4-2-5-9-19;/h2,4-5,8-11,13,21H,3,6-7,12,14-18H2,1H3,(H,25,26);1H. The van der Waals surface area contributed by atoms with E-state index in [9.17, 15) is 4.79 Å². The van der Waals surface area contributed by atoms with Gasteiger partial charge in [-0.3, -0.25) is 0 Å². The molecule has 0 amide bonds. The molecule has 1 saturated heterocycles. The smallest absolute Gasteiger partial charge is 0.329 e. The Morgan fingerprint density at radius 3 is 2.54 bits per heavy atom.